The van der Waals surface area contributed by atoms with Crippen molar-refractivity contribution in [2.24, 2.45) is 5.92 Å². The summed E-state index contributed by atoms with van der Waals surface area (Å²) in [5, 5.41) is 6.58. The quantitative estimate of drug-likeness (QED) is 0.694. The van der Waals surface area contributed by atoms with Gasteiger partial charge in [-0.1, -0.05) is 6.42 Å². The first-order valence-electron chi connectivity index (χ1n) is 6.62. The van der Waals surface area contributed by atoms with E-state index in [0.717, 1.165) is 26.1 Å². The summed E-state index contributed by atoms with van der Waals surface area (Å²) in [4.78, 5) is 14.1. The van der Waals surface area contributed by atoms with Gasteiger partial charge in [-0.25, -0.2) is 4.79 Å². The molecule has 0 radical (unpaired) electrons. The highest BCUT2D eigenvalue weighted by molar-refractivity contribution is 5.76. The van der Waals surface area contributed by atoms with Crippen molar-refractivity contribution in [1.29, 1.82) is 0 Å². The summed E-state index contributed by atoms with van der Waals surface area (Å²) < 4.78 is 0. The number of amides is 2. The highest BCUT2D eigenvalue weighted by Crippen LogP contribution is 2.30. The van der Waals surface area contributed by atoms with Crippen LogP contribution in [0, 0.1) is 5.92 Å². The van der Waals surface area contributed by atoms with Gasteiger partial charge in [-0.2, -0.15) is 0 Å². The zero-order valence-corrected chi connectivity index (χ0v) is 9.74. The van der Waals surface area contributed by atoms with Crippen molar-refractivity contribution in [2.75, 3.05) is 19.6 Å². The maximum atomic E-state index is 12.0. The molecule has 3 rings (SSSR count). The molecule has 0 aromatic carbocycles. The van der Waals surface area contributed by atoms with Gasteiger partial charge < -0.3 is 15.5 Å². The molecule has 16 heavy (non-hydrogen) atoms. The zero-order valence-electron chi connectivity index (χ0n) is 9.74. The van der Waals surface area contributed by atoms with Crippen LogP contribution >= 0.6 is 0 Å². The molecule has 3 atom stereocenters. The number of hydrogen-bond acceptors (Lipinski definition) is 2. The second-order valence-electron chi connectivity index (χ2n) is 5.40. The fraction of sp³-hybridized carbons (Fsp3) is 0.917. The molecule has 4 heteroatoms. The molecule has 2 aliphatic heterocycles. The van der Waals surface area contributed by atoms with Crippen LogP contribution in [0.4, 0.5) is 4.79 Å². The number of rotatable bonds is 1. The fourth-order valence-corrected chi connectivity index (χ4v) is 3.44. The van der Waals surface area contributed by atoms with Crippen LogP contribution in [0.1, 0.15) is 32.1 Å². The molecule has 2 amide bonds. The number of hydrogen-bond donors (Lipinski definition) is 2. The van der Waals surface area contributed by atoms with Gasteiger partial charge in [0.25, 0.3) is 0 Å². The number of urea groups is 1. The zero-order chi connectivity index (χ0) is 11.0. The van der Waals surface area contributed by atoms with E-state index in [1.807, 2.05) is 0 Å². The normalized spacial score (nSPS) is 39.4. The number of nitrogens with zero attached hydrogens (tertiary/aromatic N) is 1. The lowest BCUT2D eigenvalue weighted by atomic mass is 9.97. The van der Waals surface area contributed by atoms with Crippen molar-refractivity contribution < 1.29 is 4.79 Å². The minimum atomic E-state index is 0.178. The van der Waals surface area contributed by atoms with E-state index in [4.69, 9.17) is 0 Å². The molecule has 0 bridgehead atoms. The molecule has 4 nitrogen and oxygen atoms in total. The second kappa shape index (κ2) is 4.24. The Balaban J connectivity index is 1.67. The predicted molar refractivity (Wildman–Crippen MR) is 62.3 cm³/mol. The van der Waals surface area contributed by atoms with E-state index in [1.54, 1.807) is 0 Å². The molecular weight excluding hydrogens is 202 g/mol. The first kappa shape index (κ1) is 10.4. The van der Waals surface area contributed by atoms with Gasteiger partial charge >= 0.3 is 6.03 Å². The largest absolute Gasteiger partial charge is 0.335 e. The van der Waals surface area contributed by atoms with Crippen LogP contribution in [-0.4, -0.2) is 42.6 Å². The average Bonchev–Trinajstić information content (AvgIpc) is 2.76. The van der Waals surface area contributed by atoms with Crippen LogP contribution in [-0.2, 0) is 0 Å². The third kappa shape index (κ3) is 1.79. The van der Waals surface area contributed by atoms with Crippen molar-refractivity contribution in [3.63, 3.8) is 0 Å². The van der Waals surface area contributed by atoms with Gasteiger partial charge in [0.2, 0.25) is 0 Å². The van der Waals surface area contributed by atoms with Crippen LogP contribution < -0.4 is 10.6 Å². The molecule has 2 heterocycles. The van der Waals surface area contributed by atoms with Crippen molar-refractivity contribution in [1.82, 2.24) is 15.5 Å². The molecule has 3 fully saturated rings. The Morgan fingerprint density at radius 2 is 2.12 bits per heavy atom. The standard InChI is InChI=1S/C12H21N3O/c16-12-14-11-5-1-3-9(11)8-15(12)10-4-2-6-13-7-10/h9-11,13H,1-8H2,(H,14,16). The Bertz CT molecular complexity index is 275. The molecule has 0 spiro atoms. The molecule has 1 saturated carbocycles. The minimum absolute atomic E-state index is 0.178. The Morgan fingerprint density at radius 3 is 2.94 bits per heavy atom. The minimum Gasteiger partial charge on any atom is -0.335 e. The van der Waals surface area contributed by atoms with Gasteiger partial charge in [-0.15, -0.1) is 0 Å². The van der Waals surface area contributed by atoms with Gasteiger partial charge in [0, 0.05) is 25.2 Å². The summed E-state index contributed by atoms with van der Waals surface area (Å²) >= 11 is 0. The van der Waals surface area contributed by atoms with Crippen molar-refractivity contribution in [3.8, 4) is 0 Å². The van der Waals surface area contributed by atoms with Crippen LogP contribution in [0.25, 0.3) is 0 Å². The summed E-state index contributed by atoms with van der Waals surface area (Å²) in [6.07, 6.45) is 6.13. The smallest absolute Gasteiger partial charge is 0.317 e. The number of piperidine rings is 1. The van der Waals surface area contributed by atoms with Gasteiger partial charge in [0.1, 0.15) is 0 Å². The molecule has 0 aromatic rings. The molecule has 3 aliphatic rings. The maximum Gasteiger partial charge on any atom is 0.317 e. The number of carbonyl (C=O) groups is 1. The summed E-state index contributed by atoms with van der Waals surface area (Å²) in [6.45, 7) is 3.08. The molecule has 1 aliphatic carbocycles. The summed E-state index contributed by atoms with van der Waals surface area (Å²) in [5.74, 6) is 0.708. The predicted octanol–water partition coefficient (Wildman–Crippen LogP) is 0.932. The Kier molecular flexibility index (Phi) is 2.75. The van der Waals surface area contributed by atoms with Gasteiger partial charge in [0.05, 0.1) is 0 Å². The van der Waals surface area contributed by atoms with Crippen LogP contribution in [0.2, 0.25) is 0 Å². The van der Waals surface area contributed by atoms with E-state index >= 15 is 0 Å². The van der Waals surface area contributed by atoms with Crippen molar-refractivity contribution in [3.05, 3.63) is 0 Å². The molecule has 2 N–H and O–H groups in total. The average molecular weight is 223 g/mol. The van der Waals surface area contributed by atoms with Gasteiger partial charge in [-0.05, 0) is 38.1 Å². The van der Waals surface area contributed by atoms with Crippen LogP contribution in [0.5, 0.6) is 0 Å². The Morgan fingerprint density at radius 1 is 1.19 bits per heavy atom. The highest BCUT2D eigenvalue weighted by Gasteiger charge is 2.39. The molecule has 2 saturated heterocycles. The van der Waals surface area contributed by atoms with E-state index in [-0.39, 0.29) is 6.03 Å². The first-order valence-corrected chi connectivity index (χ1v) is 6.62. The molecule has 0 aromatic heterocycles. The van der Waals surface area contributed by atoms with Crippen molar-refractivity contribution in [2.45, 2.75) is 44.2 Å². The summed E-state index contributed by atoms with van der Waals surface area (Å²) in [7, 11) is 0. The maximum absolute atomic E-state index is 12.0. The Hall–Kier alpha value is -0.770. The topological polar surface area (TPSA) is 44.4 Å². The number of nitrogens with one attached hydrogen (secondary N) is 2. The molecule has 90 valence electrons. The fourth-order valence-electron chi connectivity index (χ4n) is 3.44. The molecule has 3 unspecified atom stereocenters. The second-order valence-corrected chi connectivity index (χ2v) is 5.40. The summed E-state index contributed by atoms with van der Waals surface area (Å²) in [6, 6.07) is 1.08. The van der Waals surface area contributed by atoms with E-state index in [2.05, 4.69) is 15.5 Å². The van der Waals surface area contributed by atoms with E-state index in [0.29, 0.717) is 18.0 Å². The third-order valence-electron chi connectivity index (χ3n) is 4.37. The van der Waals surface area contributed by atoms with E-state index in [1.165, 1.54) is 25.7 Å². The van der Waals surface area contributed by atoms with Gasteiger partial charge in [0.15, 0.2) is 0 Å². The molecular formula is C12H21N3O. The third-order valence-corrected chi connectivity index (χ3v) is 4.37. The highest BCUT2D eigenvalue weighted by atomic mass is 16.2. The number of carbonyl (C=O) groups excluding carboxylic acids is 1. The van der Waals surface area contributed by atoms with Crippen LogP contribution in [0.15, 0.2) is 0 Å². The lowest BCUT2D eigenvalue weighted by Crippen LogP contribution is -2.60. The lowest BCUT2D eigenvalue weighted by molar-refractivity contribution is 0.117. The SMILES string of the molecule is O=C1NC2CCCC2CN1C1CCCNC1. The first-order chi connectivity index (χ1) is 7.84. The lowest BCUT2D eigenvalue weighted by Gasteiger charge is -2.41. The van der Waals surface area contributed by atoms with Crippen LogP contribution in [0.3, 0.4) is 0 Å². The van der Waals surface area contributed by atoms with E-state index < -0.39 is 0 Å². The van der Waals surface area contributed by atoms with E-state index in [9.17, 15) is 4.79 Å². The monoisotopic (exact) mass is 223 g/mol. The summed E-state index contributed by atoms with van der Waals surface area (Å²) in [5.41, 5.74) is 0. The van der Waals surface area contributed by atoms with Gasteiger partial charge in [-0.3, -0.25) is 0 Å². The Labute approximate surface area is 96.8 Å². The van der Waals surface area contributed by atoms with Crippen molar-refractivity contribution >= 4 is 6.03 Å². The number of fused-ring (bicyclic) bond motifs is 1.